The van der Waals surface area contributed by atoms with Crippen molar-refractivity contribution in [3.05, 3.63) is 0 Å². The standard InChI is InChI=1S/C5H4F7NO/c6-3(7,1-13-2-14)4(8,9)5(10,11)12/h2H,1H2,(H,13,14). The molecule has 9 heteroatoms. The number of carbonyl (C=O) groups excluding carboxylic acids is 1. The lowest BCUT2D eigenvalue weighted by Gasteiger charge is -2.27. The van der Waals surface area contributed by atoms with Gasteiger partial charge in [-0.15, -0.1) is 0 Å². The molecule has 0 bridgehead atoms. The summed E-state index contributed by atoms with van der Waals surface area (Å²) in [6, 6.07) is 0. The molecule has 0 aromatic carbocycles. The molecule has 0 aromatic rings. The Morgan fingerprint density at radius 1 is 1.00 bits per heavy atom. The van der Waals surface area contributed by atoms with Crippen molar-refractivity contribution >= 4 is 6.41 Å². The minimum Gasteiger partial charge on any atom is -0.352 e. The second kappa shape index (κ2) is 3.62. The van der Waals surface area contributed by atoms with Gasteiger partial charge in [-0.1, -0.05) is 0 Å². The van der Waals surface area contributed by atoms with Crippen molar-refractivity contribution in [3.8, 4) is 0 Å². The Labute approximate surface area is 73.1 Å². The lowest BCUT2D eigenvalue weighted by atomic mass is 10.1. The molecule has 0 aliphatic heterocycles. The normalized spacial score (nSPS) is 13.9. The zero-order valence-electron chi connectivity index (χ0n) is 6.34. The maximum absolute atomic E-state index is 12.2. The van der Waals surface area contributed by atoms with Crippen molar-refractivity contribution in [1.82, 2.24) is 5.32 Å². The molecule has 0 atom stereocenters. The Morgan fingerprint density at radius 2 is 1.43 bits per heavy atom. The molecule has 0 unspecified atom stereocenters. The molecule has 2 nitrogen and oxygen atoms in total. The quantitative estimate of drug-likeness (QED) is 0.573. The lowest BCUT2D eigenvalue weighted by Crippen LogP contribution is -2.56. The predicted molar refractivity (Wildman–Crippen MR) is 30.0 cm³/mol. The van der Waals surface area contributed by atoms with Crippen molar-refractivity contribution < 1.29 is 35.5 Å². The van der Waals surface area contributed by atoms with E-state index >= 15 is 0 Å². The van der Waals surface area contributed by atoms with Gasteiger partial charge in [0.1, 0.15) is 0 Å². The highest BCUT2D eigenvalue weighted by atomic mass is 19.4. The topological polar surface area (TPSA) is 29.1 Å². The van der Waals surface area contributed by atoms with Crippen molar-refractivity contribution in [2.75, 3.05) is 6.54 Å². The number of amides is 1. The maximum Gasteiger partial charge on any atom is 0.459 e. The fraction of sp³-hybridized carbons (Fsp3) is 0.800. The monoisotopic (exact) mass is 227 g/mol. The zero-order chi connectivity index (χ0) is 11.6. The second-order valence-electron chi connectivity index (χ2n) is 2.28. The fourth-order valence-corrected chi connectivity index (χ4v) is 0.488. The summed E-state index contributed by atoms with van der Waals surface area (Å²) in [4.78, 5) is 9.46. The number of rotatable bonds is 4. The molecule has 0 radical (unpaired) electrons. The Morgan fingerprint density at radius 3 is 1.71 bits per heavy atom. The SMILES string of the molecule is O=CNCC(F)(F)C(F)(F)C(F)(F)F. The maximum atomic E-state index is 12.2. The van der Waals surface area contributed by atoms with Crippen LogP contribution in [0.15, 0.2) is 0 Å². The third kappa shape index (κ3) is 2.26. The van der Waals surface area contributed by atoms with Gasteiger partial charge in [0.2, 0.25) is 6.41 Å². The molecule has 0 aliphatic carbocycles. The van der Waals surface area contributed by atoms with Gasteiger partial charge in [0.25, 0.3) is 0 Å². The molecule has 84 valence electrons. The van der Waals surface area contributed by atoms with E-state index in [4.69, 9.17) is 0 Å². The van der Waals surface area contributed by atoms with Crippen LogP contribution >= 0.6 is 0 Å². The molecule has 0 saturated heterocycles. The summed E-state index contributed by atoms with van der Waals surface area (Å²) in [6.07, 6.45) is -6.76. The van der Waals surface area contributed by atoms with E-state index in [2.05, 4.69) is 0 Å². The summed E-state index contributed by atoms with van der Waals surface area (Å²) < 4.78 is 82.6. The molecule has 0 spiro atoms. The average Bonchev–Trinajstić information content (AvgIpc) is 1.98. The minimum atomic E-state index is -6.36. The van der Waals surface area contributed by atoms with Gasteiger partial charge in [0.05, 0.1) is 6.54 Å². The van der Waals surface area contributed by atoms with Crippen LogP contribution in [0, 0.1) is 0 Å². The number of nitrogens with one attached hydrogen (secondary N) is 1. The summed E-state index contributed by atoms with van der Waals surface area (Å²) in [7, 11) is 0. The highest BCUT2D eigenvalue weighted by molar-refractivity contribution is 5.46. The fourth-order valence-electron chi connectivity index (χ4n) is 0.488. The highest BCUT2D eigenvalue weighted by Crippen LogP contribution is 2.45. The van der Waals surface area contributed by atoms with E-state index < -0.39 is 31.0 Å². The van der Waals surface area contributed by atoms with Gasteiger partial charge in [-0.25, -0.2) is 0 Å². The summed E-state index contributed by atoms with van der Waals surface area (Å²) in [5.41, 5.74) is 0. The van der Waals surface area contributed by atoms with Crippen LogP contribution in [0.5, 0.6) is 0 Å². The molecule has 0 rings (SSSR count). The van der Waals surface area contributed by atoms with Crippen LogP contribution < -0.4 is 5.32 Å². The van der Waals surface area contributed by atoms with Crippen LogP contribution in [0.4, 0.5) is 30.7 Å². The second-order valence-corrected chi connectivity index (χ2v) is 2.28. The third-order valence-electron chi connectivity index (χ3n) is 1.22. The largest absolute Gasteiger partial charge is 0.459 e. The summed E-state index contributed by atoms with van der Waals surface area (Å²) in [5, 5.41) is 1.06. The summed E-state index contributed by atoms with van der Waals surface area (Å²) in [5.74, 6) is -11.5. The molecular formula is C5H4F7NO. The van der Waals surface area contributed by atoms with Crippen LogP contribution in [0.2, 0.25) is 0 Å². The Hall–Kier alpha value is -1.02. The first-order chi connectivity index (χ1) is 6.06. The van der Waals surface area contributed by atoms with Gasteiger partial charge in [0, 0.05) is 0 Å². The van der Waals surface area contributed by atoms with E-state index in [1.807, 2.05) is 0 Å². The lowest BCUT2D eigenvalue weighted by molar-refractivity contribution is -0.352. The van der Waals surface area contributed by atoms with E-state index in [0.717, 1.165) is 5.32 Å². The summed E-state index contributed by atoms with van der Waals surface area (Å²) in [6.45, 7) is -2.08. The average molecular weight is 227 g/mol. The first-order valence-electron chi connectivity index (χ1n) is 3.05. The summed E-state index contributed by atoms with van der Waals surface area (Å²) >= 11 is 0. The van der Waals surface area contributed by atoms with Gasteiger partial charge in [-0.3, -0.25) is 4.79 Å². The van der Waals surface area contributed by atoms with Gasteiger partial charge in [-0.05, 0) is 0 Å². The highest BCUT2D eigenvalue weighted by Gasteiger charge is 2.72. The molecule has 0 heterocycles. The van der Waals surface area contributed by atoms with Gasteiger partial charge >= 0.3 is 18.0 Å². The van der Waals surface area contributed by atoms with Crippen LogP contribution in [0.3, 0.4) is 0 Å². The number of hydrogen-bond donors (Lipinski definition) is 1. The van der Waals surface area contributed by atoms with Crippen molar-refractivity contribution in [3.63, 3.8) is 0 Å². The number of alkyl halides is 7. The Bertz CT molecular complexity index is 211. The molecule has 14 heavy (non-hydrogen) atoms. The van der Waals surface area contributed by atoms with Gasteiger partial charge in [-0.2, -0.15) is 30.7 Å². The molecule has 0 aliphatic rings. The van der Waals surface area contributed by atoms with Gasteiger partial charge in [0.15, 0.2) is 0 Å². The van der Waals surface area contributed by atoms with Crippen LogP contribution in [0.1, 0.15) is 0 Å². The first-order valence-corrected chi connectivity index (χ1v) is 3.05. The Balaban J connectivity index is 4.77. The Kier molecular flexibility index (Phi) is 3.35. The van der Waals surface area contributed by atoms with E-state index in [1.165, 1.54) is 0 Å². The smallest absolute Gasteiger partial charge is 0.352 e. The minimum absolute atomic E-state index is 0.402. The molecular weight excluding hydrogens is 223 g/mol. The van der Waals surface area contributed by atoms with Crippen LogP contribution in [-0.2, 0) is 4.79 Å². The van der Waals surface area contributed by atoms with Crippen molar-refractivity contribution in [2.45, 2.75) is 18.0 Å². The number of hydrogen-bond acceptors (Lipinski definition) is 1. The van der Waals surface area contributed by atoms with Crippen molar-refractivity contribution in [1.29, 1.82) is 0 Å². The zero-order valence-corrected chi connectivity index (χ0v) is 6.34. The first kappa shape index (κ1) is 13.0. The molecule has 1 N–H and O–H groups in total. The van der Waals surface area contributed by atoms with E-state index in [9.17, 15) is 35.5 Å². The molecule has 0 saturated carbocycles. The number of halogens is 7. The number of carbonyl (C=O) groups is 1. The van der Waals surface area contributed by atoms with Crippen molar-refractivity contribution in [2.24, 2.45) is 0 Å². The van der Waals surface area contributed by atoms with E-state index in [0.29, 0.717) is 0 Å². The van der Waals surface area contributed by atoms with Crippen LogP contribution in [0.25, 0.3) is 0 Å². The van der Waals surface area contributed by atoms with Gasteiger partial charge < -0.3 is 5.32 Å². The van der Waals surface area contributed by atoms with E-state index in [1.54, 1.807) is 0 Å². The molecule has 0 fully saturated rings. The third-order valence-corrected chi connectivity index (χ3v) is 1.22. The predicted octanol–water partition coefficient (Wildman–Crippen LogP) is 1.57. The van der Waals surface area contributed by atoms with E-state index in [-0.39, 0.29) is 0 Å². The molecule has 0 aromatic heterocycles. The molecule has 1 amide bonds. The van der Waals surface area contributed by atoms with Crippen LogP contribution in [-0.4, -0.2) is 31.0 Å².